The van der Waals surface area contributed by atoms with Gasteiger partial charge in [0.05, 0.1) is 12.2 Å². The Morgan fingerprint density at radius 3 is 1.94 bits per heavy atom. The molecule has 0 amide bonds. The third kappa shape index (κ3) is 4.81. The van der Waals surface area contributed by atoms with Crippen molar-refractivity contribution in [2.45, 2.75) is 59.2 Å². The van der Waals surface area contributed by atoms with Gasteiger partial charge in [-0.15, -0.1) is 0 Å². The van der Waals surface area contributed by atoms with Crippen LogP contribution in [0.25, 0.3) is 0 Å². The van der Waals surface area contributed by atoms with Crippen LogP contribution in [0.4, 0.5) is 0 Å². The highest BCUT2D eigenvalue weighted by atomic mass is 16.3. The summed E-state index contributed by atoms with van der Waals surface area (Å²) >= 11 is 0. The Bertz CT molecular complexity index is 173. The first kappa shape index (κ1) is 15.9. The summed E-state index contributed by atoms with van der Waals surface area (Å²) < 4.78 is 0. The molecule has 0 unspecified atom stereocenters. The largest absolute Gasteiger partial charge is 0.396 e. The van der Waals surface area contributed by atoms with E-state index >= 15 is 0 Å². The first-order chi connectivity index (χ1) is 7.47. The zero-order valence-corrected chi connectivity index (χ0v) is 11.1. The summed E-state index contributed by atoms with van der Waals surface area (Å²) in [6.45, 7) is 8.04. The van der Waals surface area contributed by atoms with Gasteiger partial charge in [-0.25, -0.2) is 0 Å². The molecular formula is C13H28O3. The fourth-order valence-electron chi connectivity index (χ4n) is 2.31. The molecule has 0 fully saturated rings. The molecule has 16 heavy (non-hydrogen) atoms. The van der Waals surface area contributed by atoms with Crippen molar-refractivity contribution in [3.63, 3.8) is 0 Å². The fourth-order valence-corrected chi connectivity index (χ4v) is 2.31. The van der Waals surface area contributed by atoms with Crippen molar-refractivity contribution < 1.29 is 15.3 Å². The molecule has 0 bridgehead atoms. The smallest absolute Gasteiger partial charge is 0.0618 e. The van der Waals surface area contributed by atoms with Crippen LogP contribution in [0.2, 0.25) is 0 Å². The zero-order chi connectivity index (χ0) is 12.7. The van der Waals surface area contributed by atoms with Crippen LogP contribution in [0.15, 0.2) is 0 Å². The average molecular weight is 232 g/mol. The van der Waals surface area contributed by atoms with Crippen LogP contribution in [0.3, 0.4) is 0 Å². The molecule has 0 aliphatic rings. The molecule has 0 rings (SSSR count). The van der Waals surface area contributed by atoms with Crippen molar-refractivity contribution in [1.29, 1.82) is 0 Å². The van der Waals surface area contributed by atoms with E-state index in [0.717, 1.165) is 12.8 Å². The summed E-state index contributed by atoms with van der Waals surface area (Å²) in [5.41, 5.74) is 0. The molecule has 3 N–H and O–H groups in total. The monoisotopic (exact) mass is 232 g/mol. The van der Waals surface area contributed by atoms with Crippen LogP contribution >= 0.6 is 0 Å². The SMILES string of the molecule is CC[C@H]([C@@H](O)[C@@H](C)C[C@@H](C)CO)[C@H](O)CC. The van der Waals surface area contributed by atoms with Crippen LogP contribution in [0, 0.1) is 17.8 Å². The van der Waals surface area contributed by atoms with Crippen LogP contribution in [-0.2, 0) is 0 Å². The van der Waals surface area contributed by atoms with Gasteiger partial charge in [-0.2, -0.15) is 0 Å². The van der Waals surface area contributed by atoms with Crippen LogP contribution < -0.4 is 0 Å². The van der Waals surface area contributed by atoms with Gasteiger partial charge < -0.3 is 15.3 Å². The quantitative estimate of drug-likeness (QED) is 0.598. The Labute approximate surface area is 99.5 Å². The first-order valence-corrected chi connectivity index (χ1v) is 6.44. The summed E-state index contributed by atoms with van der Waals surface area (Å²) in [7, 11) is 0. The molecule has 3 heteroatoms. The van der Waals surface area contributed by atoms with E-state index in [1.54, 1.807) is 0 Å². The molecule has 98 valence electrons. The second-order valence-corrected chi connectivity index (χ2v) is 5.04. The number of aliphatic hydroxyl groups is 3. The summed E-state index contributed by atoms with van der Waals surface area (Å²) in [5, 5.41) is 29.0. The number of aliphatic hydroxyl groups excluding tert-OH is 3. The zero-order valence-electron chi connectivity index (χ0n) is 11.1. The first-order valence-electron chi connectivity index (χ1n) is 6.44. The Balaban J connectivity index is 4.31. The van der Waals surface area contributed by atoms with Crippen LogP contribution in [0.1, 0.15) is 47.0 Å². The normalized spacial score (nSPS) is 21.2. The molecule has 0 saturated heterocycles. The number of hydrogen-bond donors (Lipinski definition) is 3. The molecule has 0 aromatic heterocycles. The lowest BCUT2D eigenvalue weighted by Crippen LogP contribution is -2.36. The highest BCUT2D eigenvalue weighted by Crippen LogP contribution is 2.25. The molecule has 0 spiro atoms. The molecule has 0 radical (unpaired) electrons. The molecule has 0 aromatic rings. The lowest BCUT2D eigenvalue weighted by molar-refractivity contribution is -0.0239. The number of hydrogen-bond acceptors (Lipinski definition) is 3. The summed E-state index contributed by atoms with van der Waals surface area (Å²) in [6, 6.07) is 0. The minimum absolute atomic E-state index is 0.0501. The Kier molecular flexibility index (Phi) is 7.98. The standard InChI is InChI=1S/C13H28O3/c1-5-11(12(15)6-2)13(16)10(4)7-9(3)8-14/h9-16H,5-8H2,1-4H3/t9-,10+,11+,12-,13+/m1/s1. The summed E-state index contributed by atoms with van der Waals surface area (Å²) in [5.74, 6) is 0.278. The van der Waals surface area contributed by atoms with Gasteiger partial charge in [0.2, 0.25) is 0 Å². The van der Waals surface area contributed by atoms with Crippen molar-refractivity contribution >= 4 is 0 Å². The van der Waals surface area contributed by atoms with Gasteiger partial charge in [0.25, 0.3) is 0 Å². The topological polar surface area (TPSA) is 60.7 Å². The second kappa shape index (κ2) is 8.04. The predicted molar refractivity (Wildman–Crippen MR) is 66.1 cm³/mol. The lowest BCUT2D eigenvalue weighted by Gasteiger charge is -2.31. The minimum atomic E-state index is -0.478. The maximum atomic E-state index is 10.2. The Morgan fingerprint density at radius 2 is 1.56 bits per heavy atom. The number of rotatable bonds is 8. The highest BCUT2D eigenvalue weighted by Gasteiger charge is 2.28. The fraction of sp³-hybridized carbons (Fsp3) is 1.00. The van der Waals surface area contributed by atoms with Crippen molar-refractivity contribution in [3.8, 4) is 0 Å². The molecule has 0 heterocycles. The van der Waals surface area contributed by atoms with Crippen LogP contribution in [0.5, 0.6) is 0 Å². The van der Waals surface area contributed by atoms with Gasteiger partial charge >= 0.3 is 0 Å². The molecule has 0 saturated carbocycles. The predicted octanol–water partition coefficient (Wildman–Crippen LogP) is 1.80. The molecular weight excluding hydrogens is 204 g/mol. The van der Waals surface area contributed by atoms with Crippen molar-refractivity contribution in [1.82, 2.24) is 0 Å². The van der Waals surface area contributed by atoms with Crippen molar-refractivity contribution in [3.05, 3.63) is 0 Å². The van der Waals surface area contributed by atoms with Crippen molar-refractivity contribution in [2.24, 2.45) is 17.8 Å². The Morgan fingerprint density at radius 1 is 1.00 bits per heavy atom. The van der Waals surface area contributed by atoms with Gasteiger partial charge in [0, 0.05) is 12.5 Å². The van der Waals surface area contributed by atoms with E-state index in [9.17, 15) is 10.2 Å². The molecule has 5 atom stereocenters. The van der Waals surface area contributed by atoms with E-state index in [1.807, 2.05) is 27.7 Å². The van der Waals surface area contributed by atoms with Gasteiger partial charge in [-0.05, 0) is 31.1 Å². The van der Waals surface area contributed by atoms with E-state index in [0.29, 0.717) is 6.42 Å². The van der Waals surface area contributed by atoms with E-state index in [-0.39, 0.29) is 24.4 Å². The minimum Gasteiger partial charge on any atom is -0.396 e. The Hall–Kier alpha value is -0.120. The van der Waals surface area contributed by atoms with Gasteiger partial charge in [-0.3, -0.25) is 0 Å². The maximum absolute atomic E-state index is 10.2. The van der Waals surface area contributed by atoms with Crippen molar-refractivity contribution in [2.75, 3.05) is 6.61 Å². The van der Waals surface area contributed by atoms with E-state index < -0.39 is 12.2 Å². The molecule has 0 aliphatic carbocycles. The third-order valence-corrected chi connectivity index (χ3v) is 3.49. The van der Waals surface area contributed by atoms with Crippen LogP contribution in [-0.4, -0.2) is 34.1 Å². The lowest BCUT2D eigenvalue weighted by atomic mass is 9.81. The van der Waals surface area contributed by atoms with E-state index in [2.05, 4.69) is 0 Å². The molecule has 3 nitrogen and oxygen atoms in total. The third-order valence-electron chi connectivity index (χ3n) is 3.49. The summed E-state index contributed by atoms with van der Waals surface area (Å²) in [6.07, 6.45) is 1.36. The van der Waals surface area contributed by atoms with Gasteiger partial charge in [-0.1, -0.05) is 27.7 Å². The van der Waals surface area contributed by atoms with Gasteiger partial charge in [0.1, 0.15) is 0 Å². The second-order valence-electron chi connectivity index (χ2n) is 5.04. The highest BCUT2D eigenvalue weighted by molar-refractivity contribution is 4.79. The van der Waals surface area contributed by atoms with Gasteiger partial charge in [0.15, 0.2) is 0 Å². The average Bonchev–Trinajstić information content (AvgIpc) is 2.28. The van der Waals surface area contributed by atoms with E-state index in [1.165, 1.54) is 0 Å². The van der Waals surface area contributed by atoms with E-state index in [4.69, 9.17) is 5.11 Å². The summed E-state index contributed by atoms with van der Waals surface area (Å²) in [4.78, 5) is 0. The molecule has 0 aliphatic heterocycles. The molecule has 0 aromatic carbocycles. The maximum Gasteiger partial charge on any atom is 0.0618 e.